The third-order valence-electron chi connectivity index (χ3n) is 1.02. The number of amides is 1. The average molecular weight is 160 g/mol. The fourth-order valence-electron chi connectivity index (χ4n) is 0.494. The topological polar surface area (TPSA) is 46.2 Å². The van der Waals surface area contributed by atoms with Gasteiger partial charge in [-0.2, -0.15) is 11.8 Å². The summed E-state index contributed by atoms with van der Waals surface area (Å²) in [6.07, 6.45) is 4.86. The molecule has 0 aromatic carbocycles. The van der Waals surface area contributed by atoms with Crippen LogP contribution in [0.15, 0.2) is 0 Å². The highest BCUT2D eigenvalue weighted by Gasteiger charge is 2.03. The van der Waals surface area contributed by atoms with Crippen molar-refractivity contribution in [3.63, 3.8) is 0 Å². The molecule has 1 atom stereocenters. The van der Waals surface area contributed by atoms with Gasteiger partial charge in [0.15, 0.2) is 0 Å². The molecule has 1 N–H and O–H groups in total. The number of carbonyl (C=O) groups is 1. The second kappa shape index (κ2) is 6.61. The first-order valence-electron chi connectivity index (χ1n) is 2.91. The van der Waals surface area contributed by atoms with Crippen LogP contribution >= 0.6 is 11.8 Å². The van der Waals surface area contributed by atoms with Gasteiger partial charge in [0.2, 0.25) is 12.7 Å². The highest BCUT2D eigenvalue weighted by molar-refractivity contribution is 7.98. The van der Waals surface area contributed by atoms with Gasteiger partial charge in [0.1, 0.15) is 0 Å². The number of hydrogen-bond acceptors (Lipinski definition) is 3. The Morgan fingerprint density at radius 3 is 2.90 bits per heavy atom. The van der Waals surface area contributed by atoms with E-state index in [4.69, 9.17) is 0 Å². The van der Waals surface area contributed by atoms with Gasteiger partial charge in [0.05, 0.1) is 6.04 Å². The van der Waals surface area contributed by atoms with Crippen LogP contribution in [-0.2, 0) is 9.59 Å². The van der Waals surface area contributed by atoms with E-state index >= 15 is 0 Å². The van der Waals surface area contributed by atoms with Crippen molar-refractivity contribution in [2.24, 2.45) is 0 Å². The molecule has 57 valence electrons. The second-order valence-electron chi connectivity index (χ2n) is 1.74. The van der Waals surface area contributed by atoms with Crippen molar-refractivity contribution < 1.29 is 9.59 Å². The molecule has 0 bridgehead atoms. The van der Waals surface area contributed by atoms with Crippen LogP contribution in [0.1, 0.15) is 6.42 Å². The van der Waals surface area contributed by atoms with Crippen LogP contribution in [0.25, 0.3) is 0 Å². The first-order valence-corrected chi connectivity index (χ1v) is 4.30. The first-order chi connectivity index (χ1) is 4.85. The van der Waals surface area contributed by atoms with Gasteiger partial charge in [-0.3, -0.25) is 9.59 Å². The van der Waals surface area contributed by atoms with E-state index in [1.54, 1.807) is 18.0 Å². The lowest BCUT2D eigenvalue weighted by Gasteiger charge is -2.04. The Morgan fingerprint density at radius 1 is 1.80 bits per heavy atom. The van der Waals surface area contributed by atoms with Gasteiger partial charge >= 0.3 is 0 Å². The summed E-state index contributed by atoms with van der Waals surface area (Å²) in [5.41, 5.74) is 0. The molecule has 0 heterocycles. The molecule has 1 unspecified atom stereocenters. The Bertz CT molecular complexity index is 108. The molecular weight excluding hydrogens is 150 g/mol. The fourth-order valence-corrected chi connectivity index (χ4v) is 0.966. The molecular formula is C6H10NO2S. The van der Waals surface area contributed by atoms with E-state index in [2.05, 4.69) is 5.32 Å². The van der Waals surface area contributed by atoms with Crippen LogP contribution < -0.4 is 5.32 Å². The molecule has 0 rings (SSSR count). The molecule has 4 heteroatoms. The van der Waals surface area contributed by atoms with E-state index in [0.29, 0.717) is 12.8 Å². The van der Waals surface area contributed by atoms with Crippen molar-refractivity contribution in [2.45, 2.75) is 12.5 Å². The van der Waals surface area contributed by atoms with E-state index in [9.17, 15) is 9.59 Å². The normalized spacial score (nSPS) is 12.1. The number of carbonyl (C=O) groups excluding carboxylic acids is 2. The van der Waals surface area contributed by atoms with Crippen molar-refractivity contribution in [3.05, 3.63) is 0 Å². The largest absolute Gasteiger partial charge is 0.348 e. The highest BCUT2D eigenvalue weighted by Crippen LogP contribution is 1.97. The van der Waals surface area contributed by atoms with Crippen LogP contribution in [0.3, 0.4) is 0 Å². The van der Waals surface area contributed by atoms with Gasteiger partial charge in [0.25, 0.3) is 0 Å². The summed E-state index contributed by atoms with van der Waals surface area (Å²) in [6, 6.07) is -0.426. The maximum absolute atomic E-state index is 10.0. The van der Waals surface area contributed by atoms with E-state index < -0.39 is 6.04 Å². The SMILES string of the molecule is CSCCC([C]=O)NC=O. The van der Waals surface area contributed by atoms with Crippen LogP contribution in [0.5, 0.6) is 0 Å². The van der Waals surface area contributed by atoms with Gasteiger partial charge in [-0.05, 0) is 18.4 Å². The van der Waals surface area contributed by atoms with Gasteiger partial charge in [-0.25, -0.2) is 0 Å². The van der Waals surface area contributed by atoms with Crippen molar-refractivity contribution in [1.82, 2.24) is 5.32 Å². The summed E-state index contributed by atoms with van der Waals surface area (Å²) < 4.78 is 0. The molecule has 0 aliphatic rings. The standard InChI is InChI=1S/C6H10NO2S/c1-10-3-2-6(4-8)7-5-9/h5-6H,2-3H2,1H3,(H,7,9). The molecule has 1 amide bonds. The minimum Gasteiger partial charge on any atom is -0.348 e. The summed E-state index contributed by atoms with van der Waals surface area (Å²) in [5, 5.41) is 2.35. The van der Waals surface area contributed by atoms with E-state index in [0.717, 1.165) is 5.75 Å². The van der Waals surface area contributed by atoms with Gasteiger partial charge in [-0.15, -0.1) is 0 Å². The lowest BCUT2D eigenvalue weighted by atomic mass is 10.3. The molecule has 10 heavy (non-hydrogen) atoms. The number of nitrogens with one attached hydrogen (secondary N) is 1. The maximum Gasteiger partial charge on any atom is 0.222 e. The molecule has 0 fully saturated rings. The second-order valence-corrected chi connectivity index (χ2v) is 2.72. The molecule has 0 spiro atoms. The van der Waals surface area contributed by atoms with E-state index in [1.807, 2.05) is 6.26 Å². The van der Waals surface area contributed by atoms with Crippen molar-refractivity contribution in [2.75, 3.05) is 12.0 Å². The monoisotopic (exact) mass is 160 g/mol. The zero-order chi connectivity index (χ0) is 7.82. The Kier molecular flexibility index (Phi) is 6.27. The zero-order valence-corrected chi connectivity index (χ0v) is 6.61. The van der Waals surface area contributed by atoms with Crippen molar-refractivity contribution in [3.8, 4) is 0 Å². The lowest BCUT2D eigenvalue weighted by Crippen LogP contribution is -2.29. The Morgan fingerprint density at radius 2 is 2.50 bits per heavy atom. The quantitative estimate of drug-likeness (QED) is 0.555. The molecule has 0 saturated heterocycles. The van der Waals surface area contributed by atoms with Crippen LogP contribution in [0, 0.1) is 0 Å². The third-order valence-corrected chi connectivity index (χ3v) is 1.67. The van der Waals surface area contributed by atoms with E-state index in [1.165, 1.54) is 0 Å². The summed E-state index contributed by atoms with van der Waals surface area (Å²) >= 11 is 1.64. The summed E-state index contributed by atoms with van der Waals surface area (Å²) in [6.45, 7) is 0. The highest BCUT2D eigenvalue weighted by atomic mass is 32.2. The van der Waals surface area contributed by atoms with Crippen LogP contribution in [0.2, 0.25) is 0 Å². The first kappa shape index (κ1) is 9.49. The maximum atomic E-state index is 10.0. The predicted molar refractivity (Wildman–Crippen MR) is 41.7 cm³/mol. The Hall–Kier alpha value is -0.510. The Labute approximate surface area is 64.6 Å². The predicted octanol–water partition coefficient (Wildman–Crippen LogP) is -0.0362. The Balaban J connectivity index is 3.38. The van der Waals surface area contributed by atoms with Crippen LogP contribution in [0.4, 0.5) is 0 Å². The molecule has 0 aliphatic heterocycles. The lowest BCUT2D eigenvalue weighted by molar-refractivity contribution is -0.109. The molecule has 3 nitrogen and oxygen atoms in total. The summed E-state index contributed by atoms with van der Waals surface area (Å²) in [4.78, 5) is 19.9. The molecule has 0 aromatic heterocycles. The van der Waals surface area contributed by atoms with Gasteiger partial charge in [-0.1, -0.05) is 0 Å². The third kappa shape index (κ3) is 4.38. The zero-order valence-electron chi connectivity index (χ0n) is 5.79. The number of thioether (sulfide) groups is 1. The summed E-state index contributed by atoms with van der Waals surface area (Å²) in [7, 11) is 0. The van der Waals surface area contributed by atoms with Gasteiger partial charge < -0.3 is 5.32 Å². The molecule has 0 aliphatic carbocycles. The number of rotatable bonds is 6. The van der Waals surface area contributed by atoms with Crippen molar-refractivity contribution >= 4 is 24.5 Å². The fraction of sp³-hybridized carbons (Fsp3) is 0.667. The van der Waals surface area contributed by atoms with Crippen molar-refractivity contribution in [1.29, 1.82) is 0 Å². The van der Waals surface area contributed by atoms with E-state index in [-0.39, 0.29) is 0 Å². The summed E-state index contributed by atoms with van der Waals surface area (Å²) in [5.74, 6) is 0.862. The van der Waals surface area contributed by atoms with Crippen LogP contribution in [-0.4, -0.2) is 30.7 Å². The molecule has 1 radical (unpaired) electrons. The smallest absolute Gasteiger partial charge is 0.222 e. The number of hydrogen-bond donors (Lipinski definition) is 1. The molecule has 0 aromatic rings. The minimum atomic E-state index is -0.426. The minimum absolute atomic E-state index is 0.426. The van der Waals surface area contributed by atoms with Gasteiger partial charge in [0, 0.05) is 0 Å². The average Bonchev–Trinajstić information content (AvgIpc) is 1.98. The molecule has 0 saturated carbocycles.